The molecule has 0 radical (unpaired) electrons. The van der Waals surface area contributed by atoms with Gasteiger partial charge in [-0.3, -0.25) is 5.43 Å². The molecule has 4 rings (SSSR count). The average Bonchev–Trinajstić information content (AvgIpc) is 3.13. The molecule has 6 nitrogen and oxygen atoms in total. The van der Waals surface area contributed by atoms with Crippen LogP contribution in [0.1, 0.15) is 21.7 Å². The van der Waals surface area contributed by atoms with Crippen LogP contribution in [-0.4, -0.2) is 27.3 Å². The van der Waals surface area contributed by atoms with Crippen LogP contribution >= 0.6 is 11.3 Å². The number of carboxylic acid groups (broad SMARTS) is 1. The van der Waals surface area contributed by atoms with Crippen LogP contribution in [0, 0.1) is 6.92 Å². The number of nitrogens with zero attached hydrogens (tertiary/aromatic N) is 3. The highest BCUT2D eigenvalue weighted by Gasteiger charge is 2.11. The summed E-state index contributed by atoms with van der Waals surface area (Å²) >= 11 is 1.61. The third-order valence-corrected chi connectivity index (χ3v) is 5.18. The summed E-state index contributed by atoms with van der Waals surface area (Å²) in [5.74, 6) is 0.351. The van der Waals surface area contributed by atoms with E-state index in [2.05, 4.69) is 38.7 Å². The standard InChI is InChI=1S/C21H16N4O2S/c1-13-23-19(25-22-12-14-7-9-16(10-8-14)21(26)27)17-11-18(28-20(17)24-13)15-5-3-2-4-6-15/h2-12H,1H3,(H,26,27)(H,23,24,25)/b22-12-. The van der Waals surface area contributed by atoms with Gasteiger partial charge in [-0.1, -0.05) is 42.5 Å². The second-order valence-electron chi connectivity index (χ2n) is 6.11. The van der Waals surface area contributed by atoms with Crippen LogP contribution in [0.15, 0.2) is 65.8 Å². The van der Waals surface area contributed by atoms with Crippen LogP contribution in [0.25, 0.3) is 20.7 Å². The number of carbonyl (C=O) groups is 1. The fourth-order valence-electron chi connectivity index (χ4n) is 2.74. The molecule has 0 aliphatic carbocycles. The zero-order valence-electron chi connectivity index (χ0n) is 15.0. The molecule has 2 aromatic heterocycles. The van der Waals surface area contributed by atoms with Gasteiger partial charge in [0.15, 0.2) is 5.82 Å². The molecule has 0 saturated heterocycles. The van der Waals surface area contributed by atoms with Crippen LogP contribution in [-0.2, 0) is 0 Å². The maximum Gasteiger partial charge on any atom is 0.335 e. The molecule has 0 amide bonds. The van der Waals surface area contributed by atoms with Crippen LogP contribution in [0.2, 0.25) is 0 Å². The molecule has 0 unspecified atom stereocenters. The molecule has 2 N–H and O–H groups in total. The molecule has 4 aromatic rings. The first-order valence-corrected chi connectivity index (χ1v) is 9.38. The molecule has 0 spiro atoms. The van der Waals surface area contributed by atoms with Crippen molar-refractivity contribution in [2.24, 2.45) is 5.10 Å². The van der Waals surface area contributed by atoms with Crippen molar-refractivity contribution in [1.82, 2.24) is 9.97 Å². The Morgan fingerprint density at radius 2 is 1.86 bits per heavy atom. The van der Waals surface area contributed by atoms with E-state index in [1.807, 2.05) is 25.1 Å². The van der Waals surface area contributed by atoms with Gasteiger partial charge in [0.2, 0.25) is 0 Å². The first-order chi connectivity index (χ1) is 13.6. The lowest BCUT2D eigenvalue weighted by atomic mass is 10.1. The number of rotatable bonds is 5. The highest BCUT2D eigenvalue weighted by Crippen LogP contribution is 2.35. The van der Waals surface area contributed by atoms with E-state index in [9.17, 15) is 4.79 Å². The van der Waals surface area contributed by atoms with Crippen molar-refractivity contribution in [1.29, 1.82) is 0 Å². The SMILES string of the molecule is Cc1nc(N/N=C\c2ccc(C(=O)O)cc2)c2cc(-c3ccccc3)sc2n1. The van der Waals surface area contributed by atoms with Crippen molar-refractivity contribution >= 4 is 39.6 Å². The zero-order valence-corrected chi connectivity index (χ0v) is 15.8. The van der Waals surface area contributed by atoms with Crippen molar-refractivity contribution in [3.63, 3.8) is 0 Å². The maximum atomic E-state index is 10.9. The Labute approximate surface area is 165 Å². The Morgan fingerprint density at radius 1 is 1.11 bits per heavy atom. The van der Waals surface area contributed by atoms with E-state index in [1.165, 1.54) is 0 Å². The fraction of sp³-hybridized carbons (Fsp3) is 0.0476. The summed E-state index contributed by atoms with van der Waals surface area (Å²) in [5, 5.41) is 14.1. The summed E-state index contributed by atoms with van der Waals surface area (Å²) in [4.78, 5) is 21.9. The van der Waals surface area contributed by atoms with Gasteiger partial charge >= 0.3 is 5.97 Å². The molecule has 2 heterocycles. The number of benzene rings is 2. The largest absolute Gasteiger partial charge is 0.478 e. The minimum atomic E-state index is -0.952. The van der Waals surface area contributed by atoms with Gasteiger partial charge in [-0.15, -0.1) is 11.3 Å². The van der Waals surface area contributed by atoms with Crippen molar-refractivity contribution in [3.8, 4) is 10.4 Å². The van der Waals surface area contributed by atoms with Crippen molar-refractivity contribution in [3.05, 3.63) is 77.6 Å². The number of aromatic carboxylic acids is 1. The summed E-state index contributed by atoms with van der Waals surface area (Å²) < 4.78 is 0. The van der Waals surface area contributed by atoms with E-state index in [0.717, 1.165) is 26.2 Å². The summed E-state index contributed by atoms with van der Waals surface area (Å²) in [6, 6.07) is 18.7. The minimum absolute atomic E-state index is 0.241. The van der Waals surface area contributed by atoms with Gasteiger partial charge < -0.3 is 5.11 Å². The van der Waals surface area contributed by atoms with E-state index in [-0.39, 0.29) is 5.56 Å². The third kappa shape index (κ3) is 3.74. The van der Waals surface area contributed by atoms with E-state index >= 15 is 0 Å². The van der Waals surface area contributed by atoms with Gasteiger partial charge in [0, 0.05) is 4.88 Å². The van der Waals surface area contributed by atoms with E-state index in [1.54, 1.807) is 41.8 Å². The number of hydrogen-bond donors (Lipinski definition) is 2. The zero-order chi connectivity index (χ0) is 19.5. The number of fused-ring (bicyclic) bond motifs is 1. The normalized spacial score (nSPS) is 11.2. The van der Waals surface area contributed by atoms with Crippen molar-refractivity contribution in [2.75, 3.05) is 5.43 Å². The topological polar surface area (TPSA) is 87.5 Å². The van der Waals surface area contributed by atoms with Gasteiger partial charge in [-0.2, -0.15) is 5.10 Å². The molecule has 0 aliphatic heterocycles. The van der Waals surface area contributed by atoms with Crippen LogP contribution < -0.4 is 5.43 Å². The smallest absolute Gasteiger partial charge is 0.335 e. The number of aryl methyl sites for hydroxylation is 1. The first-order valence-electron chi connectivity index (χ1n) is 8.56. The number of aromatic nitrogens is 2. The minimum Gasteiger partial charge on any atom is -0.478 e. The molecule has 0 atom stereocenters. The lowest BCUT2D eigenvalue weighted by molar-refractivity contribution is 0.0697. The van der Waals surface area contributed by atoms with Crippen LogP contribution in [0.4, 0.5) is 5.82 Å². The molecule has 138 valence electrons. The number of anilines is 1. The summed E-state index contributed by atoms with van der Waals surface area (Å²) in [6.07, 6.45) is 1.62. The summed E-state index contributed by atoms with van der Waals surface area (Å²) in [6.45, 7) is 1.85. The van der Waals surface area contributed by atoms with E-state index in [0.29, 0.717) is 11.6 Å². The average molecular weight is 388 g/mol. The summed E-state index contributed by atoms with van der Waals surface area (Å²) in [5.41, 5.74) is 5.15. The fourth-order valence-corrected chi connectivity index (χ4v) is 3.82. The Kier molecular flexibility index (Phi) is 4.82. The molecular weight excluding hydrogens is 372 g/mol. The second kappa shape index (κ2) is 7.58. The van der Waals surface area contributed by atoms with Gasteiger partial charge in [-0.25, -0.2) is 14.8 Å². The number of thiophene rings is 1. The number of carboxylic acids is 1. The Balaban J connectivity index is 1.61. The molecule has 0 saturated carbocycles. The van der Waals surface area contributed by atoms with Crippen molar-refractivity contribution < 1.29 is 9.90 Å². The van der Waals surface area contributed by atoms with Gasteiger partial charge in [0.05, 0.1) is 17.2 Å². The Hall–Kier alpha value is -3.58. The van der Waals surface area contributed by atoms with Crippen LogP contribution in [0.5, 0.6) is 0 Å². The second-order valence-corrected chi connectivity index (χ2v) is 7.14. The predicted molar refractivity (Wildman–Crippen MR) is 112 cm³/mol. The summed E-state index contributed by atoms with van der Waals surface area (Å²) in [7, 11) is 0. The molecule has 28 heavy (non-hydrogen) atoms. The van der Waals surface area contributed by atoms with E-state index in [4.69, 9.17) is 5.11 Å². The van der Waals surface area contributed by atoms with Crippen LogP contribution in [0.3, 0.4) is 0 Å². The maximum absolute atomic E-state index is 10.9. The molecule has 0 fully saturated rings. The highest BCUT2D eigenvalue weighted by molar-refractivity contribution is 7.21. The number of hydrazone groups is 1. The molecule has 0 aliphatic rings. The monoisotopic (exact) mass is 388 g/mol. The molecule has 7 heteroatoms. The highest BCUT2D eigenvalue weighted by atomic mass is 32.1. The predicted octanol–water partition coefficient (Wildman–Crippen LogP) is 4.81. The number of hydrogen-bond acceptors (Lipinski definition) is 6. The molecular formula is C21H16N4O2S. The van der Waals surface area contributed by atoms with Crippen molar-refractivity contribution in [2.45, 2.75) is 6.92 Å². The Bertz CT molecular complexity index is 1170. The number of nitrogens with one attached hydrogen (secondary N) is 1. The van der Waals surface area contributed by atoms with E-state index < -0.39 is 5.97 Å². The lowest BCUT2D eigenvalue weighted by Gasteiger charge is -2.02. The third-order valence-electron chi connectivity index (χ3n) is 4.10. The lowest BCUT2D eigenvalue weighted by Crippen LogP contribution is -1.98. The Morgan fingerprint density at radius 3 is 2.57 bits per heavy atom. The van der Waals surface area contributed by atoms with Gasteiger partial charge in [0.1, 0.15) is 10.7 Å². The first kappa shape index (κ1) is 17.8. The van der Waals surface area contributed by atoms with Gasteiger partial charge in [-0.05, 0) is 36.2 Å². The molecule has 2 aromatic carbocycles. The quantitative estimate of drug-likeness (QED) is 0.378. The molecule has 0 bridgehead atoms. The van der Waals surface area contributed by atoms with Gasteiger partial charge in [0.25, 0.3) is 0 Å².